The minimum absolute atomic E-state index is 0.000531. The molecule has 1 aromatic carbocycles. The average molecular weight is 372 g/mol. The molecule has 1 aromatic heterocycles. The van der Waals surface area contributed by atoms with Crippen molar-refractivity contribution in [3.8, 4) is 5.75 Å². The molecule has 0 aliphatic carbocycles. The highest BCUT2D eigenvalue weighted by Crippen LogP contribution is 2.29. The Morgan fingerprint density at radius 3 is 2.69 bits per heavy atom. The second-order valence-electron chi connectivity index (χ2n) is 6.99. The molecule has 0 N–H and O–H groups in total. The first-order valence-corrected chi connectivity index (χ1v) is 9.82. The first-order chi connectivity index (χ1) is 12.6. The van der Waals surface area contributed by atoms with E-state index in [0.29, 0.717) is 6.54 Å². The van der Waals surface area contributed by atoms with Crippen LogP contribution in [0.25, 0.3) is 0 Å². The first kappa shape index (κ1) is 17.4. The van der Waals surface area contributed by atoms with Gasteiger partial charge < -0.3 is 9.47 Å². The zero-order valence-electron chi connectivity index (χ0n) is 15.2. The van der Waals surface area contributed by atoms with E-state index in [0.717, 1.165) is 31.8 Å². The zero-order valence-corrected chi connectivity index (χ0v) is 16.0. The van der Waals surface area contributed by atoms with Crippen molar-refractivity contribution in [3.05, 3.63) is 51.7 Å². The molecule has 138 valence electrons. The zero-order chi connectivity index (χ0) is 18.1. The van der Waals surface area contributed by atoms with Gasteiger partial charge in [0.15, 0.2) is 0 Å². The number of thiophene rings is 1. The number of carbonyl (C=O) groups excluding carboxylic acids is 1. The lowest BCUT2D eigenvalue weighted by molar-refractivity contribution is 0.120. The van der Waals surface area contributed by atoms with Gasteiger partial charge in [0, 0.05) is 35.9 Å². The molecule has 4 rings (SSSR count). The van der Waals surface area contributed by atoms with E-state index >= 15 is 0 Å². The third kappa shape index (κ3) is 3.57. The van der Waals surface area contributed by atoms with Crippen molar-refractivity contribution >= 4 is 17.4 Å². The fraction of sp³-hybridized carbons (Fsp3) is 0.450. The standard InChI is InChI=1S/C20H24N2O3S/c1-14-3-8-17(26-14)11-21-12-18-19(13-21)25-20(23)22(18)10-9-15-4-6-16(24-2)7-5-15/h3-8,18-19H,9-13H2,1-2H3/t18-,19+/m0/s1. The van der Waals surface area contributed by atoms with Gasteiger partial charge in [0.25, 0.3) is 0 Å². The predicted molar refractivity (Wildman–Crippen MR) is 102 cm³/mol. The molecule has 26 heavy (non-hydrogen) atoms. The van der Waals surface area contributed by atoms with Gasteiger partial charge in [-0.1, -0.05) is 12.1 Å². The van der Waals surface area contributed by atoms with Crippen LogP contribution >= 0.6 is 11.3 Å². The van der Waals surface area contributed by atoms with E-state index in [-0.39, 0.29) is 18.2 Å². The van der Waals surface area contributed by atoms with Crippen LogP contribution in [-0.4, -0.2) is 54.8 Å². The minimum atomic E-state index is -0.167. The number of aryl methyl sites for hydroxylation is 1. The first-order valence-electron chi connectivity index (χ1n) is 9.00. The molecule has 6 heteroatoms. The fourth-order valence-corrected chi connectivity index (χ4v) is 4.73. The molecule has 0 radical (unpaired) electrons. The Kier molecular flexibility index (Phi) is 4.87. The number of fused-ring (bicyclic) bond motifs is 1. The number of hydrogen-bond acceptors (Lipinski definition) is 5. The number of rotatable bonds is 6. The van der Waals surface area contributed by atoms with Crippen LogP contribution in [0.4, 0.5) is 4.79 Å². The van der Waals surface area contributed by atoms with Crippen LogP contribution in [0.2, 0.25) is 0 Å². The van der Waals surface area contributed by atoms with Gasteiger partial charge in [-0.05, 0) is 43.2 Å². The van der Waals surface area contributed by atoms with E-state index in [9.17, 15) is 4.79 Å². The Morgan fingerprint density at radius 1 is 1.19 bits per heavy atom. The van der Waals surface area contributed by atoms with Crippen molar-refractivity contribution in [2.24, 2.45) is 0 Å². The van der Waals surface area contributed by atoms with Crippen LogP contribution in [0.15, 0.2) is 36.4 Å². The van der Waals surface area contributed by atoms with Crippen molar-refractivity contribution in [1.82, 2.24) is 9.80 Å². The van der Waals surface area contributed by atoms with E-state index < -0.39 is 0 Å². The molecule has 5 nitrogen and oxygen atoms in total. The Balaban J connectivity index is 1.35. The molecule has 0 bridgehead atoms. The number of ether oxygens (including phenoxy) is 2. The minimum Gasteiger partial charge on any atom is -0.497 e. The summed E-state index contributed by atoms with van der Waals surface area (Å²) in [5.41, 5.74) is 1.20. The van der Waals surface area contributed by atoms with E-state index in [1.807, 2.05) is 28.4 Å². The molecule has 2 aromatic rings. The smallest absolute Gasteiger partial charge is 0.410 e. The highest BCUT2D eigenvalue weighted by atomic mass is 32.1. The highest BCUT2D eigenvalue weighted by Gasteiger charge is 2.47. The van der Waals surface area contributed by atoms with Crippen LogP contribution in [0.5, 0.6) is 5.75 Å². The maximum absolute atomic E-state index is 12.2. The lowest BCUT2D eigenvalue weighted by atomic mass is 10.1. The van der Waals surface area contributed by atoms with Gasteiger partial charge in [-0.15, -0.1) is 11.3 Å². The van der Waals surface area contributed by atoms with Crippen molar-refractivity contribution in [3.63, 3.8) is 0 Å². The summed E-state index contributed by atoms with van der Waals surface area (Å²) >= 11 is 1.84. The molecule has 0 unspecified atom stereocenters. The molecule has 2 saturated heterocycles. The third-order valence-electron chi connectivity index (χ3n) is 5.18. The summed E-state index contributed by atoms with van der Waals surface area (Å²) in [5.74, 6) is 0.852. The highest BCUT2D eigenvalue weighted by molar-refractivity contribution is 7.11. The molecule has 2 atom stereocenters. The average Bonchev–Trinajstić information content (AvgIpc) is 3.29. The summed E-state index contributed by atoms with van der Waals surface area (Å²) in [6.07, 6.45) is 0.659. The lowest BCUT2D eigenvalue weighted by Crippen LogP contribution is -2.39. The maximum atomic E-state index is 12.2. The van der Waals surface area contributed by atoms with Crippen molar-refractivity contribution in [2.75, 3.05) is 26.7 Å². The van der Waals surface area contributed by atoms with E-state index in [1.54, 1.807) is 7.11 Å². The number of methoxy groups -OCH3 is 1. The predicted octanol–water partition coefficient (Wildman–Crippen LogP) is 3.31. The lowest BCUT2D eigenvalue weighted by Gasteiger charge is -2.22. The van der Waals surface area contributed by atoms with Crippen LogP contribution < -0.4 is 4.74 Å². The molecule has 2 fully saturated rings. The SMILES string of the molecule is COc1ccc(CCN2C(=O)O[C@@H]3CN(Cc4ccc(C)s4)C[C@@H]32)cc1. The molecule has 0 spiro atoms. The number of likely N-dealkylation sites (tertiary alicyclic amines) is 1. The summed E-state index contributed by atoms with van der Waals surface area (Å²) in [6, 6.07) is 12.6. The second kappa shape index (κ2) is 7.29. The fourth-order valence-electron chi connectivity index (χ4n) is 3.80. The number of hydrogen-bond donors (Lipinski definition) is 0. The summed E-state index contributed by atoms with van der Waals surface area (Å²) < 4.78 is 10.8. The molecule has 3 heterocycles. The van der Waals surface area contributed by atoms with E-state index in [1.165, 1.54) is 15.3 Å². The molecule has 2 aliphatic heterocycles. The molecule has 2 aliphatic rings. The molecule has 0 saturated carbocycles. The monoisotopic (exact) mass is 372 g/mol. The summed E-state index contributed by atoms with van der Waals surface area (Å²) in [6.45, 7) is 5.48. The molecular weight excluding hydrogens is 348 g/mol. The van der Waals surface area contributed by atoms with Crippen LogP contribution in [0, 0.1) is 6.92 Å². The van der Waals surface area contributed by atoms with Crippen molar-refractivity contribution in [2.45, 2.75) is 32.0 Å². The van der Waals surface area contributed by atoms with Gasteiger partial charge in [0.2, 0.25) is 0 Å². The topological polar surface area (TPSA) is 42.0 Å². The summed E-state index contributed by atoms with van der Waals surface area (Å²) in [5, 5.41) is 0. The van der Waals surface area contributed by atoms with Gasteiger partial charge in [-0.3, -0.25) is 9.80 Å². The maximum Gasteiger partial charge on any atom is 0.410 e. The number of nitrogens with zero attached hydrogens (tertiary/aromatic N) is 2. The van der Waals surface area contributed by atoms with Gasteiger partial charge in [0.05, 0.1) is 13.2 Å². The molecular formula is C20H24N2O3S. The number of benzene rings is 1. The van der Waals surface area contributed by atoms with Gasteiger partial charge in [0.1, 0.15) is 11.9 Å². The van der Waals surface area contributed by atoms with Gasteiger partial charge in [-0.2, -0.15) is 0 Å². The Morgan fingerprint density at radius 2 is 2.00 bits per heavy atom. The quantitative estimate of drug-likeness (QED) is 0.780. The Hall–Kier alpha value is -2.05. The van der Waals surface area contributed by atoms with E-state index in [2.05, 4.69) is 36.1 Å². The second-order valence-corrected chi connectivity index (χ2v) is 8.36. The largest absolute Gasteiger partial charge is 0.497 e. The van der Waals surface area contributed by atoms with Gasteiger partial charge in [-0.25, -0.2) is 4.79 Å². The van der Waals surface area contributed by atoms with Crippen molar-refractivity contribution < 1.29 is 14.3 Å². The Bertz CT molecular complexity index is 774. The summed E-state index contributed by atoms with van der Waals surface area (Å²) in [7, 11) is 1.67. The van der Waals surface area contributed by atoms with Gasteiger partial charge >= 0.3 is 6.09 Å². The molecule has 1 amide bonds. The number of amides is 1. The van der Waals surface area contributed by atoms with Crippen LogP contribution in [0.1, 0.15) is 15.3 Å². The third-order valence-corrected chi connectivity index (χ3v) is 6.16. The normalized spacial score (nSPS) is 22.5. The number of carbonyl (C=O) groups is 1. The Labute approximate surface area is 158 Å². The van der Waals surface area contributed by atoms with E-state index in [4.69, 9.17) is 9.47 Å². The van der Waals surface area contributed by atoms with Crippen LogP contribution in [0.3, 0.4) is 0 Å². The van der Waals surface area contributed by atoms with Crippen molar-refractivity contribution in [1.29, 1.82) is 0 Å². The van der Waals surface area contributed by atoms with Crippen LogP contribution in [-0.2, 0) is 17.7 Å². The summed E-state index contributed by atoms with van der Waals surface area (Å²) in [4.78, 5) is 19.3.